The van der Waals surface area contributed by atoms with Crippen LogP contribution in [0.2, 0.25) is 0 Å². The van der Waals surface area contributed by atoms with E-state index in [1.807, 2.05) is 12.1 Å². The Hall–Kier alpha value is -3.82. The Bertz CT molecular complexity index is 1290. The molecule has 1 heterocycles. The number of carbonyl (C=O) groups excluding carboxylic acids is 1. The van der Waals surface area contributed by atoms with Crippen molar-refractivity contribution in [1.82, 2.24) is 10.3 Å². The van der Waals surface area contributed by atoms with Gasteiger partial charge in [-0.1, -0.05) is 38.7 Å². The molecule has 0 aliphatic heterocycles. The van der Waals surface area contributed by atoms with E-state index >= 15 is 0 Å². The van der Waals surface area contributed by atoms with Gasteiger partial charge < -0.3 is 19.9 Å². The van der Waals surface area contributed by atoms with Gasteiger partial charge in [-0.2, -0.15) is 0 Å². The Morgan fingerprint density at radius 2 is 1.71 bits per heavy atom. The predicted molar refractivity (Wildman–Crippen MR) is 134 cm³/mol. The lowest BCUT2D eigenvalue weighted by Gasteiger charge is -2.15. The topological polar surface area (TPSA) is 97.8 Å². The molecule has 1 fully saturated rings. The number of nitrogens with zero attached hydrogens (tertiary/aromatic N) is 1. The van der Waals surface area contributed by atoms with Crippen molar-refractivity contribution in [1.29, 1.82) is 0 Å². The van der Waals surface area contributed by atoms with Crippen molar-refractivity contribution in [3.63, 3.8) is 0 Å². The van der Waals surface area contributed by atoms with E-state index in [1.165, 1.54) is 24.3 Å². The fraction of sp³-hybridized carbons (Fsp3) is 0.393. The second-order valence-corrected chi connectivity index (χ2v) is 9.73. The van der Waals surface area contributed by atoms with Crippen LogP contribution in [-0.4, -0.2) is 34.9 Å². The maximum atomic E-state index is 12.9. The minimum absolute atomic E-state index is 0.0424. The average Bonchev–Trinajstić information content (AvgIpc) is 3.36. The Balaban J connectivity index is 1.56. The molecule has 0 spiro atoms. The molecule has 1 aliphatic rings. The van der Waals surface area contributed by atoms with E-state index in [0.29, 0.717) is 23.8 Å². The average molecular weight is 531 g/mol. The lowest BCUT2D eigenvalue weighted by Crippen LogP contribution is -2.30. The SMILES string of the molecule is CC(CNC(=O)c1cc2ccc(Oc3ccc(OC(F)(F)F)cc3)cc2c(CC2CCCC2)n1)CC(=O)O. The fourth-order valence-electron chi connectivity index (χ4n) is 4.69. The number of alkyl halides is 3. The zero-order chi connectivity index (χ0) is 27.3. The van der Waals surface area contributed by atoms with Crippen LogP contribution in [0.1, 0.15) is 55.2 Å². The van der Waals surface area contributed by atoms with Crippen LogP contribution in [-0.2, 0) is 11.2 Å². The molecule has 2 aromatic carbocycles. The number of aromatic nitrogens is 1. The molecule has 1 aliphatic carbocycles. The summed E-state index contributed by atoms with van der Waals surface area (Å²) in [5.74, 6) is -0.549. The van der Waals surface area contributed by atoms with E-state index in [4.69, 9.17) is 14.8 Å². The number of amides is 1. The highest BCUT2D eigenvalue weighted by molar-refractivity contribution is 5.97. The second kappa shape index (κ2) is 11.7. The number of carboxylic acids is 1. The van der Waals surface area contributed by atoms with Gasteiger partial charge in [0.2, 0.25) is 0 Å². The normalized spacial score (nSPS) is 14.8. The van der Waals surface area contributed by atoms with E-state index in [2.05, 4.69) is 10.1 Å². The molecule has 1 saturated carbocycles. The summed E-state index contributed by atoms with van der Waals surface area (Å²) in [7, 11) is 0. The summed E-state index contributed by atoms with van der Waals surface area (Å²) in [6, 6.07) is 12.2. The number of carboxylic acid groups (broad SMARTS) is 1. The predicted octanol–water partition coefficient (Wildman–Crippen LogP) is 6.50. The molecule has 38 heavy (non-hydrogen) atoms. The van der Waals surface area contributed by atoms with Crippen molar-refractivity contribution in [2.45, 2.75) is 51.8 Å². The van der Waals surface area contributed by atoms with Gasteiger partial charge in [0.15, 0.2) is 0 Å². The molecule has 1 atom stereocenters. The monoisotopic (exact) mass is 530 g/mol. The number of pyridine rings is 1. The van der Waals surface area contributed by atoms with E-state index in [1.54, 1.807) is 19.1 Å². The molecule has 10 heteroatoms. The molecule has 4 rings (SSSR count). The Kier molecular flexibility index (Phi) is 8.38. The summed E-state index contributed by atoms with van der Waals surface area (Å²) in [6.07, 6.45) is 0.401. The zero-order valence-corrected chi connectivity index (χ0v) is 20.9. The summed E-state index contributed by atoms with van der Waals surface area (Å²) in [6.45, 7) is 1.98. The molecule has 0 saturated heterocycles. The molecule has 1 aromatic heterocycles. The van der Waals surface area contributed by atoms with Gasteiger partial charge in [0.1, 0.15) is 22.9 Å². The molecule has 2 N–H and O–H groups in total. The van der Waals surface area contributed by atoms with Gasteiger partial charge >= 0.3 is 12.3 Å². The van der Waals surface area contributed by atoms with Crippen LogP contribution in [0, 0.1) is 11.8 Å². The third-order valence-electron chi connectivity index (χ3n) is 6.50. The van der Waals surface area contributed by atoms with E-state index in [-0.39, 0.29) is 36.2 Å². The molecule has 1 amide bonds. The first-order valence-corrected chi connectivity index (χ1v) is 12.5. The van der Waals surface area contributed by atoms with Crippen molar-refractivity contribution < 1.29 is 37.3 Å². The third kappa shape index (κ3) is 7.60. The van der Waals surface area contributed by atoms with Crippen molar-refractivity contribution in [2.24, 2.45) is 11.8 Å². The Morgan fingerprint density at radius 1 is 1.05 bits per heavy atom. The quantitative estimate of drug-likeness (QED) is 0.311. The van der Waals surface area contributed by atoms with Crippen molar-refractivity contribution in [3.8, 4) is 17.2 Å². The van der Waals surface area contributed by atoms with Crippen molar-refractivity contribution in [3.05, 3.63) is 59.9 Å². The maximum Gasteiger partial charge on any atom is 0.573 e. The minimum Gasteiger partial charge on any atom is -0.481 e. The maximum absolute atomic E-state index is 12.9. The van der Waals surface area contributed by atoms with Crippen molar-refractivity contribution in [2.75, 3.05) is 6.54 Å². The lowest BCUT2D eigenvalue weighted by molar-refractivity contribution is -0.274. The third-order valence-corrected chi connectivity index (χ3v) is 6.50. The molecule has 7 nitrogen and oxygen atoms in total. The number of hydrogen-bond donors (Lipinski definition) is 2. The van der Waals surface area contributed by atoms with Gasteiger partial charge in [0, 0.05) is 24.0 Å². The van der Waals surface area contributed by atoms with Crippen LogP contribution in [0.3, 0.4) is 0 Å². The highest BCUT2D eigenvalue weighted by Crippen LogP contribution is 2.33. The summed E-state index contributed by atoms with van der Waals surface area (Å²) in [5, 5.41) is 13.4. The second-order valence-electron chi connectivity index (χ2n) is 9.73. The van der Waals surface area contributed by atoms with E-state index in [9.17, 15) is 22.8 Å². The zero-order valence-electron chi connectivity index (χ0n) is 20.9. The fourth-order valence-corrected chi connectivity index (χ4v) is 4.69. The minimum atomic E-state index is -4.77. The van der Waals surface area contributed by atoms with Crippen LogP contribution in [0.5, 0.6) is 17.2 Å². The molecule has 3 aromatic rings. The highest BCUT2D eigenvalue weighted by Gasteiger charge is 2.31. The Morgan fingerprint density at radius 3 is 2.37 bits per heavy atom. The largest absolute Gasteiger partial charge is 0.573 e. The number of halogens is 3. The van der Waals surface area contributed by atoms with Gasteiger partial charge in [-0.05, 0) is 66.1 Å². The Labute approximate surface area is 218 Å². The van der Waals surface area contributed by atoms with Gasteiger partial charge in [-0.3, -0.25) is 9.59 Å². The number of benzene rings is 2. The summed E-state index contributed by atoms with van der Waals surface area (Å²) < 4.78 is 47.0. The van der Waals surface area contributed by atoms with Crippen LogP contribution in [0.4, 0.5) is 13.2 Å². The van der Waals surface area contributed by atoms with Crippen LogP contribution in [0.15, 0.2) is 48.5 Å². The standard InChI is InChI=1S/C28H29F3N2O5/c1-17(12-26(34)35)16-32-27(36)25-14-19-6-7-22(15-23(19)24(33-25)13-18-4-2-3-5-18)37-20-8-10-21(11-9-20)38-28(29,30)31/h6-11,14-15,17-18H,2-5,12-13,16H2,1H3,(H,32,36)(H,34,35). The van der Waals surface area contributed by atoms with E-state index in [0.717, 1.165) is 42.1 Å². The number of hydrogen-bond acceptors (Lipinski definition) is 5. The van der Waals surface area contributed by atoms with Crippen LogP contribution in [0.25, 0.3) is 10.8 Å². The number of nitrogens with one attached hydrogen (secondary N) is 1. The molecule has 202 valence electrons. The smallest absolute Gasteiger partial charge is 0.481 e. The van der Waals surface area contributed by atoms with Crippen LogP contribution < -0.4 is 14.8 Å². The first kappa shape index (κ1) is 27.2. The molecule has 0 radical (unpaired) electrons. The molecule has 1 unspecified atom stereocenters. The van der Waals surface area contributed by atoms with Gasteiger partial charge in [0.25, 0.3) is 5.91 Å². The van der Waals surface area contributed by atoms with Crippen LogP contribution >= 0.6 is 0 Å². The molecule has 0 bridgehead atoms. The molecular weight excluding hydrogens is 501 g/mol. The summed E-state index contributed by atoms with van der Waals surface area (Å²) in [5.41, 5.74) is 1.04. The van der Waals surface area contributed by atoms with Gasteiger partial charge in [-0.25, -0.2) is 4.98 Å². The number of rotatable bonds is 10. The lowest BCUT2D eigenvalue weighted by atomic mass is 9.97. The number of carbonyl (C=O) groups is 2. The number of aliphatic carboxylic acids is 1. The van der Waals surface area contributed by atoms with Gasteiger partial charge in [0.05, 0.1) is 0 Å². The first-order valence-electron chi connectivity index (χ1n) is 12.5. The molecular formula is C28H29F3N2O5. The van der Waals surface area contributed by atoms with Gasteiger partial charge in [-0.15, -0.1) is 13.2 Å². The number of fused-ring (bicyclic) bond motifs is 1. The van der Waals surface area contributed by atoms with E-state index < -0.39 is 12.3 Å². The van der Waals surface area contributed by atoms with Crippen molar-refractivity contribution >= 4 is 22.6 Å². The summed E-state index contributed by atoms with van der Waals surface area (Å²) in [4.78, 5) is 28.5. The summed E-state index contributed by atoms with van der Waals surface area (Å²) >= 11 is 0. The first-order chi connectivity index (χ1) is 18.1. The highest BCUT2D eigenvalue weighted by atomic mass is 19.4. The number of ether oxygens (including phenoxy) is 2.